The summed E-state index contributed by atoms with van der Waals surface area (Å²) in [6.45, 7) is 8.78. The number of benzene rings is 1. The SMILES string of the molecule is CC(C)(C)CCCOc1ccc(F)cc1.CC=O. The van der Waals surface area contributed by atoms with Crippen LogP contribution in [0, 0.1) is 11.2 Å². The van der Waals surface area contributed by atoms with E-state index in [0.717, 1.165) is 24.9 Å². The Hall–Kier alpha value is -1.38. The molecule has 0 unspecified atom stereocenters. The quantitative estimate of drug-likeness (QED) is 0.593. The molecule has 3 heteroatoms. The van der Waals surface area contributed by atoms with E-state index in [1.165, 1.54) is 19.1 Å². The van der Waals surface area contributed by atoms with Gasteiger partial charge in [0.15, 0.2) is 0 Å². The van der Waals surface area contributed by atoms with Gasteiger partial charge in [-0.05, 0) is 49.4 Å². The van der Waals surface area contributed by atoms with Crippen LogP contribution in [0.2, 0.25) is 0 Å². The van der Waals surface area contributed by atoms with Crippen molar-refractivity contribution in [3.8, 4) is 5.75 Å². The summed E-state index contributed by atoms with van der Waals surface area (Å²) in [4.78, 5) is 8.81. The van der Waals surface area contributed by atoms with E-state index < -0.39 is 0 Å². The van der Waals surface area contributed by atoms with Crippen molar-refractivity contribution >= 4 is 6.29 Å². The van der Waals surface area contributed by atoms with Crippen LogP contribution in [0.5, 0.6) is 5.75 Å². The highest BCUT2D eigenvalue weighted by atomic mass is 19.1. The van der Waals surface area contributed by atoms with Gasteiger partial charge in [0, 0.05) is 0 Å². The predicted molar refractivity (Wildman–Crippen MR) is 72.3 cm³/mol. The van der Waals surface area contributed by atoms with Crippen molar-refractivity contribution in [2.24, 2.45) is 5.41 Å². The summed E-state index contributed by atoms with van der Waals surface area (Å²) < 4.78 is 18.1. The summed E-state index contributed by atoms with van der Waals surface area (Å²) >= 11 is 0. The minimum atomic E-state index is -0.225. The molecule has 102 valence electrons. The van der Waals surface area contributed by atoms with Gasteiger partial charge in [-0.15, -0.1) is 0 Å². The molecule has 2 nitrogen and oxygen atoms in total. The standard InChI is InChI=1S/C13H19FO.C2H4O/c1-13(2,3)9-4-10-15-12-7-5-11(14)6-8-12;1-2-3/h5-8H,4,9-10H2,1-3H3;2H,1H3. The highest BCUT2D eigenvalue weighted by Crippen LogP contribution is 2.20. The number of aldehydes is 1. The normalized spacial score (nSPS) is 10.3. The predicted octanol–water partition coefficient (Wildman–Crippen LogP) is 4.24. The minimum absolute atomic E-state index is 0.225. The zero-order valence-electron chi connectivity index (χ0n) is 11.7. The zero-order chi connectivity index (χ0) is 14.0. The summed E-state index contributed by atoms with van der Waals surface area (Å²) in [5.74, 6) is 0.516. The van der Waals surface area contributed by atoms with E-state index in [-0.39, 0.29) is 5.82 Å². The summed E-state index contributed by atoms with van der Waals surface area (Å²) in [6, 6.07) is 6.15. The highest BCUT2D eigenvalue weighted by Gasteiger charge is 2.09. The number of carbonyl (C=O) groups excluding carboxylic acids is 1. The number of halogens is 1. The van der Waals surface area contributed by atoms with E-state index in [1.54, 1.807) is 12.1 Å². The fourth-order valence-corrected chi connectivity index (χ4v) is 1.32. The van der Waals surface area contributed by atoms with Crippen LogP contribution >= 0.6 is 0 Å². The van der Waals surface area contributed by atoms with Crippen molar-refractivity contribution in [3.05, 3.63) is 30.1 Å². The van der Waals surface area contributed by atoms with Gasteiger partial charge < -0.3 is 9.53 Å². The molecule has 0 fully saturated rings. The van der Waals surface area contributed by atoms with Crippen molar-refractivity contribution in [3.63, 3.8) is 0 Å². The molecular weight excluding hydrogens is 231 g/mol. The molecular formula is C15H23FO2. The minimum Gasteiger partial charge on any atom is -0.494 e. The average Bonchev–Trinajstić information content (AvgIpc) is 2.27. The van der Waals surface area contributed by atoms with E-state index >= 15 is 0 Å². The molecule has 1 aromatic carbocycles. The Kier molecular flexibility index (Phi) is 8.01. The number of carbonyl (C=O) groups is 1. The third-order valence-corrected chi connectivity index (χ3v) is 2.15. The molecule has 0 saturated heterocycles. The van der Waals surface area contributed by atoms with E-state index in [0.29, 0.717) is 12.0 Å². The van der Waals surface area contributed by atoms with Crippen LogP contribution in [0.25, 0.3) is 0 Å². The molecule has 0 aliphatic heterocycles. The van der Waals surface area contributed by atoms with Crippen molar-refractivity contribution in [2.75, 3.05) is 6.61 Å². The van der Waals surface area contributed by atoms with Crippen LogP contribution in [0.3, 0.4) is 0 Å². The average molecular weight is 254 g/mol. The van der Waals surface area contributed by atoms with Crippen molar-refractivity contribution in [1.29, 1.82) is 0 Å². The molecule has 18 heavy (non-hydrogen) atoms. The summed E-state index contributed by atoms with van der Waals surface area (Å²) in [6.07, 6.45) is 2.91. The molecule has 0 heterocycles. The summed E-state index contributed by atoms with van der Waals surface area (Å²) in [5.41, 5.74) is 0.353. The first-order valence-electron chi connectivity index (χ1n) is 6.17. The van der Waals surface area contributed by atoms with Gasteiger partial charge in [0.05, 0.1) is 6.61 Å². The van der Waals surface area contributed by atoms with Crippen LogP contribution in [-0.2, 0) is 4.79 Å². The lowest BCUT2D eigenvalue weighted by molar-refractivity contribution is -0.106. The monoisotopic (exact) mass is 254 g/mol. The number of hydrogen-bond donors (Lipinski definition) is 0. The van der Waals surface area contributed by atoms with Crippen LogP contribution in [0.4, 0.5) is 4.39 Å². The molecule has 0 aliphatic rings. The zero-order valence-corrected chi connectivity index (χ0v) is 11.7. The van der Waals surface area contributed by atoms with Gasteiger partial charge in [0.2, 0.25) is 0 Å². The molecule has 0 amide bonds. The Morgan fingerprint density at radius 2 is 1.72 bits per heavy atom. The molecule has 0 N–H and O–H groups in total. The van der Waals surface area contributed by atoms with Crippen molar-refractivity contribution in [2.45, 2.75) is 40.5 Å². The maximum Gasteiger partial charge on any atom is 0.123 e. The molecule has 1 rings (SSSR count). The van der Waals surface area contributed by atoms with Crippen LogP contribution in [0.15, 0.2) is 24.3 Å². The topological polar surface area (TPSA) is 26.3 Å². The molecule has 0 aromatic heterocycles. The Morgan fingerprint density at radius 3 is 2.17 bits per heavy atom. The number of hydrogen-bond acceptors (Lipinski definition) is 2. The summed E-state index contributed by atoms with van der Waals surface area (Å²) in [5, 5.41) is 0. The Bertz CT molecular complexity index is 325. The highest BCUT2D eigenvalue weighted by molar-refractivity contribution is 5.44. The second-order valence-corrected chi connectivity index (χ2v) is 5.20. The Labute approximate surface area is 109 Å². The van der Waals surface area contributed by atoms with Crippen LogP contribution in [-0.4, -0.2) is 12.9 Å². The lowest BCUT2D eigenvalue weighted by atomic mass is 9.91. The van der Waals surface area contributed by atoms with Gasteiger partial charge in [0.25, 0.3) is 0 Å². The number of rotatable bonds is 4. The first-order chi connectivity index (χ1) is 8.39. The lowest BCUT2D eigenvalue weighted by Crippen LogP contribution is -2.07. The van der Waals surface area contributed by atoms with Crippen molar-refractivity contribution < 1.29 is 13.9 Å². The molecule has 0 spiro atoms. The lowest BCUT2D eigenvalue weighted by Gasteiger charge is -2.17. The van der Waals surface area contributed by atoms with Gasteiger partial charge in [-0.1, -0.05) is 20.8 Å². The third kappa shape index (κ3) is 9.82. The number of ether oxygens (including phenoxy) is 1. The molecule has 0 atom stereocenters. The van der Waals surface area contributed by atoms with Crippen LogP contribution < -0.4 is 4.74 Å². The summed E-state index contributed by atoms with van der Waals surface area (Å²) in [7, 11) is 0. The molecule has 1 aromatic rings. The fourth-order valence-electron chi connectivity index (χ4n) is 1.32. The van der Waals surface area contributed by atoms with Gasteiger partial charge >= 0.3 is 0 Å². The van der Waals surface area contributed by atoms with Gasteiger partial charge in [-0.25, -0.2) is 4.39 Å². The smallest absolute Gasteiger partial charge is 0.123 e. The Morgan fingerprint density at radius 1 is 1.22 bits per heavy atom. The van der Waals surface area contributed by atoms with Crippen LogP contribution in [0.1, 0.15) is 40.5 Å². The Balaban J connectivity index is 0.000000873. The first-order valence-corrected chi connectivity index (χ1v) is 6.17. The molecule has 0 saturated carbocycles. The largest absolute Gasteiger partial charge is 0.494 e. The van der Waals surface area contributed by atoms with Crippen molar-refractivity contribution in [1.82, 2.24) is 0 Å². The van der Waals surface area contributed by atoms with E-state index in [4.69, 9.17) is 9.53 Å². The van der Waals surface area contributed by atoms with Gasteiger partial charge in [-0.2, -0.15) is 0 Å². The second kappa shape index (κ2) is 8.67. The van der Waals surface area contributed by atoms with E-state index in [1.807, 2.05) is 0 Å². The fraction of sp³-hybridized carbons (Fsp3) is 0.533. The maximum absolute atomic E-state index is 12.6. The second-order valence-electron chi connectivity index (χ2n) is 5.20. The van der Waals surface area contributed by atoms with Gasteiger partial charge in [-0.3, -0.25) is 0 Å². The molecule has 0 aliphatic carbocycles. The first kappa shape index (κ1) is 16.6. The third-order valence-electron chi connectivity index (χ3n) is 2.15. The molecule has 0 radical (unpaired) electrons. The van der Waals surface area contributed by atoms with Gasteiger partial charge in [0.1, 0.15) is 17.9 Å². The molecule has 0 bridgehead atoms. The van der Waals surface area contributed by atoms with E-state index in [2.05, 4.69) is 20.8 Å². The maximum atomic E-state index is 12.6. The van der Waals surface area contributed by atoms with E-state index in [9.17, 15) is 4.39 Å².